The molecule has 2 fully saturated rings. The summed E-state index contributed by atoms with van der Waals surface area (Å²) in [5.74, 6) is -0.336. The number of carbonyl (C=O) groups is 6. The van der Waals surface area contributed by atoms with Crippen LogP contribution in [0.1, 0.15) is 485 Å². The molecule has 2 aliphatic rings. The summed E-state index contributed by atoms with van der Waals surface area (Å²) in [4.78, 5) is 97.2. The molecule has 25 heteroatoms. The molecule has 0 aromatic heterocycles. The second-order valence-electron chi connectivity index (χ2n) is 36.1. The Bertz CT molecular complexity index is 2580. The largest absolute Gasteiger partial charge is 0.489 e. The zero-order chi connectivity index (χ0) is 89.3. The van der Waals surface area contributed by atoms with Crippen LogP contribution < -0.4 is 11.2 Å². The number of carbonyl (C=O) groups excluding carboxylic acids is 6. The summed E-state index contributed by atoms with van der Waals surface area (Å²) in [6.07, 6.45) is 41.4. The highest BCUT2D eigenvalue weighted by atomic mass is 31.2. The number of ketones is 1. The maximum absolute atomic E-state index is 15.3. The first-order valence-corrected chi connectivity index (χ1v) is 51.9. The van der Waals surface area contributed by atoms with Crippen molar-refractivity contribution in [3.8, 4) is 0 Å². The summed E-state index contributed by atoms with van der Waals surface area (Å²) < 4.78 is 67.6. The first-order chi connectivity index (χ1) is 59.2. The normalized spacial score (nSPS) is 20.7. The minimum atomic E-state index is -5.32. The minimum absolute atomic E-state index is 0.123. The molecule has 718 valence electrons. The Morgan fingerprint density at radius 2 is 0.721 bits per heavy atom. The molecule has 0 spiro atoms. The number of nitrogens with one attached hydrogen (secondary N) is 1. The molecular formula is C97H183N2O22P. The Labute approximate surface area is 740 Å². The number of aliphatic hydroxyl groups excluding tert-OH is 5. The van der Waals surface area contributed by atoms with Crippen molar-refractivity contribution in [3.05, 3.63) is 0 Å². The molecule has 2 rings (SSSR count). The van der Waals surface area contributed by atoms with E-state index in [1.165, 1.54) is 148 Å². The molecular weight excluding hydrogens is 1580 g/mol. The van der Waals surface area contributed by atoms with Gasteiger partial charge in [0.15, 0.2) is 18.7 Å². The van der Waals surface area contributed by atoms with Gasteiger partial charge in [-0.3, -0.25) is 33.3 Å². The number of phosphoric ester groups is 1. The smallest absolute Gasteiger partial charge is 0.462 e. The van der Waals surface area contributed by atoms with Crippen molar-refractivity contribution in [2.24, 2.45) is 11.8 Å². The predicted octanol–water partition coefficient (Wildman–Crippen LogP) is 22.2. The van der Waals surface area contributed by atoms with E-state index in [0.717, 1.165) is 186 Å². The zero-order valence-corrected chi connectivity index (χ0v) is 78.9. The molecule has 2 saturated heterocycles. The van der Waals surface area contributed by atoms with E-state index in [4.69, 9.17) is 43.6 Å². The van der Waals surface area contributed by atoms with E-state index in [2.05, 4.69) is 51.5 Å². The second-order valence-corrected chi connectivity index (χ2v) is 37.4. The third-order valence-corrected chi connectivity index (χ3v) is 25.3. The van der Waals surface area contributed by atoms with Gasteiger partial charge < -0.3 is 68.9 Å². The Morgan fingerprint density at radius 3 is 1.09 bits per heavy atom. The maximum atomic E-state index is 15.3. The van der Waals surface area contributed by atoms with Crippen LogP contribution in [-0.2, 0) is 75.6 Å². The first-order valence-electron chi connectivity index (χ1n) is 50.4. The van der Waals surface area contributed by atoms with Crippen LogP contribution in [0.4, 0.5) is 0 Å². The minimum Gasteiger partial charge on any atom is -0.462 e. The van der Waals surface area contributed by atoms with Gasteiger partial charge in [0.2, 0.25) is 5.91 Å². The van der Waals surface area contributed by atoms with Crippen LogP contribution in [0, 0.1) is 5.92 Å². The number of amides is 1. The summed E-state index contributed by atoms with van der Waals surface area (Å²) >= 11 is 0. The molecule has 5 unspecified atom stereocenters. The highest BCUT2D eigenvalue weighted by Gasteiger charge is 2.54. The number of hydrogen-bond donors (Lipinski definition) is 8. The number of nitrogens with two attached hydrogens (primary N) is 1. The third kappa shape index (κ3) is 59.8. The Balaban J connectivity index is 2.76. The number of rotatable bonds is 86. The fourth-order valence-corrected chi connectivity index (χ4v) is 17.7. The van der Waals surface area contributed by atoms with Crippen molar-refractivity contribution in [2.75, 3.05) is 13.2 Å². The van der Waals surface area contributed by atoms with Crippen LogP contribution >= 0.6 is 7.82 Å². The van der Waals surface area contributed by atoms with Gasteiger partial charge in [-0.1, -0.05) is 388 Å². The van der Waals surface area contributed by atoms with Gasteiger partial charge in [0.05, 0.1) is 50.6 Å². The summed E-state index contributed by atoms with van der Waals surface area (Å²) in [6, 6.07) is -1.63. The zero-order valence-electron chi connectivity index (χ0n) is 78.0. The van der Waals surface area contributed by atoms with Crippen LogP contribution in [-0.4, -0.2) is 159 Å². The molecule has 2 heterocycles. The quantitative estimate of drug-likeness (QED) is 0.00922. The molecule has 9 N–H and O–H groups in total. The fraction of sp³-hybridized carbons (Fsp3) is 0.938. The van der Waals surface area contributed by atoms with E-state index in [9.17, 15) is 54.2 Å². The van der Waals surface area contributed by atoms with E-state index in [1.807, 2.05) is 0 Å². The maximum Gasteiger partial charge on any atom is 0.489 e. The monoisotopic (exact) mass is 1760 g/mol. The summed E-state index contributed by atoms with van der Waals surface area (Å²) in [6.45, 7) is 11.4. The first kappa shape index (κ1) is 115. The Hall–Kier alpha value is -3.23. The van der Waals surface area contributed by atoms with Gasteiger partial charge in [0.1, 0.15) is 54.6 Å². The van der Waals surface area contributed by atoms with Crippen molar-refractivity contribution < 1.29 is 106 Å². The lowest BCUT2D eigenvalue weighted by Crippen LogP contribution is -2.66. The summed E-state index contributed by atoms with van der Waals surface area (Å²) in [7, 11) is -5.32. The van der Waals surface area contributed by atoms with E-state index >= 15 is 9.59 Å². The van der Waals surface area contributed by atoms with Crippen molar-refractivity contribution >= 4 is 43.4 Å². The van der Waals surface area contributed by atoms with E-state index in [1.54, 1.807) is 0 Å². The molecule has 122 heavy (non-hydrogen) atoms. The Kier molecular flexibility index (Phi) is 73.1. The van der Waals surface area contributed by atoms with Gasteiger partial charge in [-0.05, 0) is 51.4 Å². The van der Waals surface area contributed by atoms with Gasteiger partial charge in [-0.2, -0.15) is 0 Å². The van der Waals surface area contributed by atoms with Gasteiger partial charge in [-0.15, -0.1) is 0 Å². The highest BCUT2D eigenvalue weighted by Crippen LogP contribution is 2.47. The summed E-state index contributed by atoms with van der Waals surface area (Å²) in [5.41, 5.74) is 0. The van der Waals surface area contributed by atoms with Crippen LogP contribution in [0.15, 0.2) is 0 Å². The van der Waals surface area contributed by atoms with Gasteiger partial charge in [0.25, 0.3) is 0 Å². The van der Waals surface area contributed by atoms with E-state index < -0.39 is 168 Å². The predicted molar refractivity (Wildman–Crippen MR) is 483 cm³/mol. The fourth-order valence-electron chi connectivity index (χ4n) is 17.0. The lowest BCUT2D eigenvalue weighted by molar-refractivity contribution is -0.308. The molecule has 0 aliphatic carbocycles. The van der Waals surface area contributed by atoms with Crippen LogP contribution in [0.25, 0.3) is 0 Å². The lowest BCUT2D eigenvalue weighted by atomic mass is 9.85. The third-order valence-electron chi connectivity index (χ3n) is 24.6. The second kappa shape index (κ2) is 77.7. The van der Waals surface area contributed by atoms with Crippen LogP contribution in [0.5, 0.6) is 0 Å². The number of Topliss-reactive ketones (excluding diaryl/α,β-unsaturated/α-hetero) is 1. The van der Waals surface area contributed by atoms with E-state index in [-0.39, 0.29) is 25.7 Å². The molecule has 0 aromatic rings. The Morgan fingerprint density at radius 1 is 0.393 bits per heavy atom. The van der Waals surface area contributed by atoms with Gasteiger partial charge >= 0.3 is 31.7 Å². The van der Waals surface area contributed by atoms with E-state index in [0.29, 0.717) is 57.8 Å². The highest BCUT2D eigenvalue weighted by molar-refractivity contribution is 7.47. The molecule has 0 saturated carbocycles. The van der Waals surface area contributed by atoms with Crippen molar-refractivity contribution in [1.29, 1.82) is 0 Å². The van der Waals surface area contributed by atoms with Crippen LogP contribution in [0.3, 0.4) is 0 Å². The van der Waals surface area contributed by atoms with Gasteiger partial charge in [-0.25, -0.2) is 15.1 Å². The molecule has 0 bridgehead atoms. The molecule has 1 amide bonds. The number of hydrogen-bond acceptors (Lipinski definition) is 22. The average molecular weight is 1760 g/mol. The number of aliphatic hydroxyl groups is 5. The average Bonchev–Trinajstić information content (AvgIpc) is 0.777. The van der Waals surface area contributed by atoms with Crippen LogP contribution in [0.2, 0.25) is 0 Å². The molecule has 2 aliphatic heterocycles. The standard InChI is InChI=1S/C97H183N2O22P/c1-7-13-19-25-31-37-39-45-51-57-63-69-87(105)114-81(67-61-55-49-43-35-29-23-17-11-5)71-80(103)72-83-93(118-90(108)75-82(68-62-56-50-44-36-30-24-18-12-6)115-88(106)70-64-58-52-46-40-38-32-26-20-14-8-2)94(120-122(111,112)121-98)84(76-100)117-97(83)113-77-85-92(109)95(119-89(107)74-79(102)66-60-54-48-42-34-28-22-16-10-4)91(96(110)116-85)99-86(104)73-78(101)65-59-53-47-41-33-27-21-15-9-3/h78-79,81-85,91-97,100-102,109-110H,7-77,98H2,1-6H3,(H,99,104)(H,111,112)/t78-,79-,81-,82-,83+,84?,85?,91+,92?,93+,94?,95+,96+,97-/m1/s1. The van der Waals surface area contributed by atoms with Crippen molar-refractivity contribution in [3.63, 3.8) is 0 Å². The number of ether oxygens (including phenoxy) is 7. The summed E-state index contributed by atoms with van der Waals surface area (Å²) in [5, 5.41) is 60.7. The number of esters is 4. The number of phosphoric acid groups is 1. The van der Waals surface area contributed by atoms with Crippen molar-refractivity contribution in [2.45, 2.75) is 564 Å². The molecule has 0 aromatic carbocycles. The molecule has 0 radical (unpaired) electrons. The number of unbranched alkanes of at least 4 members (excludes halogenated alkanes) is 52. The molecule has 24 nitrogen and oxygen atoms in total. The van der Waals surface area contributed by atoms with Gasteiger partial charge in [0, 0.05) is 25.7 Å². The molecule has 15 atom stereocenters. The lowest BCUT2D eigenvalue weighted by Gasteiger charge is -2.46. The topological polar surface area (TPSA) is 362 Å². The van der Waals surface area contributed by atoms with Crippen molar-refractivity contribution in [1.82, 2.24) is 5.32 Å². The SMILES string of the molecule is CCCCCCCCCCCCCC(=O)O[C@H](CCCCCCCCCCC)CC(=O)C[C@@H]1[C@H](OCC2O[C@H](O)[C@@H](NC(=O)C[C@H](O)CCCCCCCCCCC)[C@H](OC(=O)C[C@H](O)CCCCCCCCCCC)C2O)OC(CO)C(OP(=O)(O)ON)[C@H]1OC(=O)C[C@@H](CCCCCCCCCCC)OC(=O)CCCCCCCCCCCCC.